The van der Waals surface area contributed by atoms with Gasteiger partial charge in [-0.2, -0.15) is 20.4 Å². The number of hydrogen-bond donors (Lipinski definition) is 1. The first kappa shape index (κ1) is 62.7. The standard InChI is InChI=1S/C70H80Cl2N10O11/c1-40-29-53-51(35-73-81(53)55-13-9-11-24-90-55)59(61(40)71)57-42(3)79(75-63(57)45-15-19-49(20-16-45)88-26-23-83)47-31-69(32-47)37-77(38-69)66(85)92-65-70(39-78(65)67(86)93-68(6,7)8)33-48(34-70)80-43(4)58(64(76-80)46-17-21-50(22-18-46)89-28-27-87-44(5)84)60-52-36-74-82(56-14-10-12-25-91-56)54(52)30-41(2)62(60)72/h15-22,29-30,35-36,47-48,55-56,65,83H,9-14,23-28,31-34,37-39H2,1-8H3. The smallest absolute Gasteiger partial charge is 0.413 e. The summed E-state index contributed by atoms with van der Waals surface area (Å²) in [7, 11) is 0. The molecule has 8 aromatic rings. The summed E-state index contributed by atoms with van der Waals surface area (Å²) in [6.45, 7) is 18.2. The molecule has 4 aromatic carbocycles. The largest absolute Gasteiger partial charge is 0.491 e. The van der Waals surface area contributed by atoms with Crippen molar-refractivity contribution in [3.63, 3.8) is 0 Å². The van der Waals surface area contributed by atoms with Crippen molar-refractivity contribution in [3.8, 4) is 56.3 Å². The van der Waals surface area contributed by atoms with Gasteiger partial charge in [-0.25, -0.2) is 19.0 Å². The van der Waals surface area contributed by atoms with Crippen LogP contribution in [0.4, 0.5) is 9.59 Å². The summed E-state index contributed by atoms with van der Waals surface area (Å²) in [6, 6.07) is 19.6. The molecule has 1 N–H and O–H groups in total. The first-order chi connectivity index (χ1) is 44.7. The van der Waals surface area contributed by atoms with Gasteiger partial charge >= 0.3 is 18.2 Å². The Kier molecular flexibility index (Phi) is 16.6. The van der Waals surface area contributed by atoms with Crippen molar-refractivity contribution < 1.29 is 52.6 Å². The van der Waals surface area contributed by atoms with E-state index in [4.69, 9.17) is 76.8 Å². The minimum atomic E-state index is -0.871. The zero-order valence-corrected chi connectivity index (χ0v) is 55.5. The summed E-state index contributed by atoms with van der Waals surface area (Å²) >= 11 is 14.9. The highest BCUT2D eigenvalue weighted by Crippen LogP contribution is 2.61. The fourth-order valence-corrected chi connectivity index (χ4v) is 15.7. The molecule has 2 aliphatic carbocycles. The van der Waals surface area contributed by atoms with Crippen molar-refractivity contribution in [3.05, 3.63) is 106 Å². The zero-order chi connectivity index (χ0) is 64.8. The monoisotopic (exact) mass is 1310 g/mol. The number of nitrogens with zero attached hydrogens (tertiary/aromatic N) is 10. The molecule has 23 heteroatoms. The molecule has 4 saturated heterocycles. The number of carbonyl (C=O) groups is 3. The molecule has 3 unspecified atom stereocenters. The number of aliphatic hydroxyl groups excluding tert-OH is 1. The van der Waals surface area contributed by atoms with Crippen LogP contribution in [0.25, 0.3) is 66.6 Å². The molecule has 4 aliphatic heterocycles. The SMILES string of the molecule is CC(=O)OCCOc1ccc(-c2nn(C3CC4(C3)CN(C(=O)OC(C)(C)C)C4OC(=O)N3CC4(CC(n5nc(-c6ccc(OCCO)cc6)c(-c6c(Cl)c(C)cc7c6cnn7C6CCCCO6)c5C)C4)C3)c(C)c2-c2c(Cl)c(C)cc3c2cnn3C2CCCCO2)cc1. The molecule has 2 saturated carbocycles. The highest BCUT2D eigenvalue weighted by atomic mass is 35.5. The van der Waals surface area contributed by atoms with Gasteiger partial charge in [0.15, 0.2) is 18.7 Å². The Balaban J connectivity index is 0.722. The van der Waals surface area contributed by atoms with Crippen LogP contribution in [0, 0.1) is 38.5 Å². The van der Waals surface area contributed by atoms with Gasteiger partial charge in [0.25, 0.3) is 0 Å². The van der Waals surface area contributed by atoms with Crippen LogP contribution in [0.1, 0.15) is 139 Å². The molecule has 2 spiro atoms. The lowest BCUT2D eigenvalue weighted by Gasteiger charge is -2.63. The van der Waals surface area contributed by atoms with Crippen LogP contribution in [-0.4, -0.2) is 143 Å². The van der Waals surface area contributed by atoms with Gasteiger partial charge in [0.05, 0.1) is 52.2 Å². The maximum Gasteiger partial charge on any atom is 0.413 e. The highest BCUT2D eigenvalue weighted by Gasteiger charge is 2.66. The van der Waals surface area contributed by atoms with Gasteiger partial charge in [0.2, 0.25) is 0 Å². The van der Waals surface area contributed by atoms with E-state index in [0.717, 1.165) is 140 Å². The van der Waals surface area contributed by atoms with Crippen molar-refractivity contribution in [1.29, 1.82) is 0 Å². The second-order valence-electron chi connectivity index (χ2n) is 27.5. The predicted octanol–water partition coefficient (Wildman–Crippen LogP) is 14.1. The summed E-state index contributed by atoms with van der Waals surface area (Å²) in [5.41, 5.74) is 10.8. The number of ether oxygens (including phenoxy) is 7. The van der Waals surface area contributed by atoms with E-state index in [9.17, 15) is 19.5 Å². The molecule has 4 aromatic heterocycles. The average Bonchev–Trinajstić information content (AvgIpc) is 1.60. The number of aryl methyl sites for hydroxylation is 2. The molecule has 14 rings (SSSR count). The lowest BCUT2D eigenvalue weighted by molar-refractivity contribution is -0.234. The van der Waals surface area contributed by atoms with Crippen LogP contribution in [-0.2, 0) is 28.5 Å². The van der Waals surface area contributed by atoms with E-state index in [1.807, 2.05) is 105 Å². The van der Waals surface area contributed by atoms with E-state index in [0.29, 0.717) is 67.2 Å². The lowest BCUT2D eigenvalue weighted by atomic mass is 9.59. The van der Waals surface area contributed by atoms with Gasteiger partial charge < -0.3 is 43.2 Å². The highest BCUT2D eigenvalue weighted by molar-refractivity contribution is 6.37. The Morgan fingerprint density at radius 2 is 1.13 bits per heavy atom. The van der Waals surface area contributed by atoms with Crippen LogP contribution >= 0.6 is 23.2 Å². The normalized spacial score (nSPS) is 20.9. The van der Waals surface area contributed by atoms with Crippen LogP contribution in [0.3, 0.4) is 0 Å². The number of fused-ring (bicyclic) bond motifs is 2. The molecule has 0 radical (unpaired) electrons. The van der Waals surface area contributed by atoms with Crippen LogP contribution in [0.15, 0.2) is 73.1 Å². The van der Waals surface area contributed by atoms with E-state index >= 15 is 0 Å². The van der Waals surface area contributed by atoms with E-state index in [-0.39, 0.29) is 62.4 Å². The van der Waals surface area contributed by atoms with Gasteiger partial charge in [-0.3, -0.25) is 19.1 Å². The number of rotatable bonds is 16. The van der Waals surface area contributed by atoms with Crippen molar-refractivity contribution in [2.24, 2.45) is 10.8 Å². The van der Waals surface area contributed by atoms with Gasteiger partial charge in [0.1, 0.15) is 48.3 Å². The number of esters is 1. The quantitative estimate of drug-likeness (QED) is 0.0541. The Labute approximate surface area is 550 Å². The second kappa shape index (κ2) is 24.6. The second-order valence-corrected chi connectivity index (χ2v) is 28.2. The van der Waals surface area contributed by atoms with Gasteiger partial charge in [-0.15, -0.1) is 0 Å². The number of carbonyl (C=O) groups excluding carboxylic acids is 3. The van der Waals surface area contributed by atoms with Gasteiger partial charge in [-0.1, -0.05) is 23.2 Å². The van der Waals surface area contributed by atoms with Gasteiger partial charge in [0, 0.05) is 106 Å². The Morgan fingerprint density at radius 3 is 1.59 bits per heavy atom. The molecule has 8 heterocycles. The number of likely N-dealkylation sites (tertiary alicyclic amines) is 2. The first-order valence-corrected chi connectivity index (χ1v) is 33.4. The Morgan fingerprint density at radius 1 is 0.634 bits per heavy atom. The molecule has 2 amide bonds. The molecule has 93 heavy (non-hydrogen) atoms. The number of benzene rings is 4. The molecule has 0 bridgehead atoms. The van der Waals surface area contributed by atoms with Crippen molar-refractivity contribution in [2.45, 2.75) is 156 Å². The molecular weight excluding hydrogens is 1230 g/mol. The minimum absolute atomic E-state index is 0.0385. The summed E-state index contributed by atoms with van der Waals surface area (Å²) in [5.74, 6) is 0.882. The van der Waals surface area contributed by atoms with E-state index in [1.54, 1.807) is 9.80 Å². The third-order valence-electron chi connectivity index (χ3n) is 19.7. The summed E-state index contributed by atoms with van der Waals surface area (Å²) in [6.07, 6.45) is 10.1. The van der Waals surface area contributed by atoms with E-state index in [1.165, 1.54) is 6.92 Å². The summed E-state index contributed by atoms with van der Waals surface area (Å²) < 4.78 is 50.0. The van der Waals surface area contributed by atoms with Crippen molar-refractivity contribution in [2.75, 3.05) is 59.3 Å². The number of amides is 2. The molecule has 490 valence electrons. The summed E-state index contributed by atoms with van der Waals surface area (Å²) in [4.78, 5) is 43.4. The molecule has 6 aliphatic rings. The first-order valence-electron chi connectivity index (χ1n) is 32.6. The topological polar surface area (TPSA) is 214 Å². The number of aliphatic hydroxyl groups is 1. The number of halogens is 2. The van der Waals surface area contributed by atoms with Crippen molar-refractivity contribution >= 4 is 63.2 Å². The van der Waals surface area contributed by atoms with Crippen LogP contribution < -0.4 is 9.47 Å². The summed E-state index contributed by atoms with van der Waals surface area (Å²) in [5, 5.41) is 33.2. The maximum atomic E-state index is 14.6. The minimum Gasteiger partial charge on any atom is -0.491 e. The lowest BCUT2D eigenvalue weighted by Crippen LogP contribution is -2.73. The number of aromatic nitrogens is 8. The van der Waals surface area contributed by atoms with Crippen LogP contribution in [0.5, 0.6) is 11.5 Å². The predicted molar refractivity (Wildman–Crippen MR) is 350 cm³/mol. The Bertz CT molecular complexity index is 4170. The van der Waals surface area contributed by atoms with Crippen molar-refractivity contribution in [1.82, 2.24) is 48.9 Å². The number of hydrogen-bond acceptors (Lipinski definition) is 15. The van der Waals surface area contributed by atoms with E-state index in [2.05, 4.69) is 35.3 Å². The third-order valence-corrected chi connectivity index (χ3v) is 20.7. The molecule has 3 atom stereocenters. The van der Waals surface area contributed by atoms with Gasteiger partial charge in [-0.05, 0) is 184 Å². The van der Waals surface area contributed by atoms with Crippen LogP contribution in [0.2, 0.25) is 10.0 Å². The zero-order valence-electron chi connectivity index (χ0n) is 54.0. The fourth-order valence-electron chi connectivity index (χ4n) is 15.2. The maximum absolute atomic E-state index is 14.6. The molecule has 6 fully saturated rings. The third kappa shape index (κ3) is 11.5. The average molecular weight is 1310 g/mol. The molecular formula is C70H80Cl2N10O11. The molecule has 21 nitrogen and oxygen atoms in total. The Hall–Kier alpha value is -7.69. The van der Waals surface area contributed by atoms with E-state index < -0.39 is 29.4 Å². The fraction of sp³-hybridized carbons (Fsp3) is 0.500.